The first-order valence-corrected chi connectivity index (χ1v) is 12.0. The van der Waals surface area contributed by atoms with E-state index in [1.165, 1.54) is 34.9 Å². The molecule has 0 saturated carbocycles. The van der Waals surface area contributed by atoms with Crippen LogP contribution in [0.15, 0.2) is 58.2 Å². The van der Waals surface area contributed by atoms with Crippen LogP contribution < -0.4 is 5.32 Å². The number of nitrogens with one attached hydrogen (secondary N) is 1. The number of hydrogen-bond acceptors (Lipinski definition) is 4. The van der Waals surface area contributed by atoms with Gasteiger partial charge >= 0.3 is 0 Å². The second-order valence-corrected chi connectivity index (χ2v) is 9.64. The number of rotatable bonds is 8. The number of hydrogen-bond donors (Lipinski definition) is 1. The highest BCUT2D eigenvalue weighted by molar-refractivity contribution is 9.10. The molecule has 6 heteroatoms. The molecule has 0 aliphatic heterocycles. The topological polar surface area (TPSA) is 42.7 Å². The molecule has 1 N–H and O–H groups in total. The summed E-state index contributed by atoms with van der Waals surface area (Å²) >= 11 is 5.37. The van der Waals surface area contributed by atoms with E-state index in [9.17, 15) is 0 Å². The van der Waals surface area contributed by atoms with Crippen LogP contribution in [0, 0.1) is 5.92 Å². The first-order valence-electron chi connectivity index (χ1n) is 10.3. The Morgan fingerprint density at radius 2 is 2.00 bits per heavy atom. The Morgan fingerprint density at radius 3 is 2.86 bits per heavy atom. The molecule has 0 amide bonds. The summed E-state index contributed by atoms with van der Waals surface area (Å²) in [5.41, 5.74) is 4.15. The zero-order valence-electron chi connectivity index (χ0n) is 16.8. The van der Waals surface area contributed by atoms with E-state index >= 15 is 0 Å². The highest BCUT2D eigenvalue weighted by atomic mass is 79.9. The van der Waals surface area contributed by atoms with Gasteiger partial charge in [0.15, 0.2) is 11.0 Å². The molecule has 0 radical (unpaired) electrons. The number of nitrogens with zero attached hydrogens (tertiary/aromatic N) is 3. The van der Waals surface area contributed by atoms with E-state index in [0.29, 0.717) is 0 Å². The molecule has 1 unspecified atom stereocenters. The van der Waals surface area contributed by atoms with E-state index < -0.39 is 0 Å². The summed E-state index contributed by atoms with van der Waals surface area (Å²) in [6.07, 6.45) is 4.82. The van der Waals surface area contributed by atoms with E-state index in [4.69, 9.17) is 0 Å². The van der Waals surface area contributed by atoms with Crippen molar-refractivity contribution in [2.75, 3.05) is 18.8 Å². The molecule has 0 fully saturated rings. The van der Waals surface area contributed by atoms with Crippen LogP contribution in [0.25, 0.3) is 11.4 Å². The molecule has 152 valence electrons. The lowest BCUT2D eigenvalue weighted by atomic mass is 9.84. The lowest BCUT2D eigenvalue weighted by Gasteiger charge is -2.25. The predicted molar refractivity (Wildman–Crippen MR) is 124 cm³/mol. The lowest BCUT2D eigenvalue weighted by Crippen LogP contribution is -2.28. The first-order chi connectivity index (χ1) is 14.2. The fraction of sp³-hybridized carbons (Fsp3) is 0.391. The normalized spacial score (nSPS) is 16.0. The van der Waals surface area contributed by atoms with Gasteiger partial charge in [-0.15, -0.1) is 10.2 Å². The molecule has 0 spiro atoms. The van der Waals surface area contributed by atoms with Crippen molar-refractivity contribution in [3.8, 4) is 11.4 Å². The van der Waals surface area contributed by atoms with Gasteiger partial charge in [-0.1, -0.05) is 64.1 Å². The maximum Gasteiger partial charge on any atom is 0.191 e. The number of thioether (sulfide) groups is 1. The van der Waals surface area contributed by atoms with Gasteiger partial charge in [0.05, 0.1) is 0 Å². The Kier molecular flexibility index (Phi) is 7.06. The molecule has 0 saturated heterocycles. The zero-order chi connectivity index (χ0) is 20.1. The quantitative estimate of drug-likeness (QED) is 0.366. The summed E-state index contributed by atoms with van der Waals surface area (Å²) in [6, 6.07) is 17.0. The van der Waals surface area contributed by atoms with Crippen LogP contribution in [0.1, 0.15) is 24.0 Å². The monoisotopic (exact) mass is 470 g/mol. The van der Waals surface area contributed by atoms with Crippen molar-refractivity contribution < 1.29 is 0 Å². The maximum absolute atomic E-state index is 4.36. The van der Waals surface area contributed by atoms with Crippen LogP contribution in [0.2, 0.25) is 0 Å². The van der Waals surface area contributed by atoms with Crippen LogP contribution in [0.5, 0.6) is 0 Å². The fourth-order valence-electron chi connectivity index (χ4n) is 3.92. The van der Waals surface area contributed by atoms with Gasteiger partial charge in [-0.2, -0.15) is 0 Å². The number of fused-ring (bicyclic) bond motifs is 1. The van der Waals surface area contributed by atoms with Gasteiger partial charge in [0.1, 0.15) is 0 Å². The fourth-order valence-corrected chi connectivity index (χ4v) is 5.18. The molecule has 4 nitrogen and oxygen atoms in total. The van der Waals surface area contributed by atoms with Crippen molar-refractivity contribution >= 4 is 27.7 Å². The number of aryl methyl sites for hydroxylation is 1. The number of aromatic nitrogens is 3. The van der Waals surface area contributed by atoms with Gasteiger partial charge in [-0.3, -0.25) is 0 Å². The average Bonchev–Trinajstić information content (AvgIpc) is 3.11. The van der Waals surface area contributed by atoms with Crippen LogP contribution >= 0.6 is 27.7 Å². The van der Waals surface area contributed by atoms with Gasteiger partial charge in [-0.05, 0) is 68.0 Å². The summed E-state index contributed by atoms with van der Waals surface area (Å²) < 4.78 is 3.29. The molecule has 1 aromatic heterocycles. The van der Waals surface area contributed by atoms with Gasteiger partial charge in [-0.25, -0.2) is 0 Å². The third kappa shape index (κ3) is 5.30. The van der Waals surface area contributed by atoms with Gasteiger partial charge < -0.3 is 9.88 Å². The van der Waals surface area contributed by atoms with E-state index in [0.717, 1.165) is 47.7 Å². The summed E-state index contributed by atoms with van der Waals surface area (Å²) in [5.74, 6) is 2.73. The third-order valence-electron chi connectivity index (χ3n) is 5.53. The average molecular weight is 471 g/mol. The van der Waals surface area contributed by atoms with Crippen LogP contribution in [0.4, 0.5) is 0 Å². The van der Waals surface area contributed by atoms with E-state index in [-0.39, 0.29) is 0 Å². The molecule has 0 bridgehead atoms. The standard InChI is InChI=1S/C23H27BrN4S/c1-28-22(18-6-3-2-4-7-18)26-27-23(28)29-13-5-12-25-16-17-8-9-20-15-21(24)11-10-19(20)14-17/h2-4,6-7,10-11,15,17,25H,5,8-9,12-14,16H2,1H3. The molecular formula is C23H27BrN4S. The SMILES string of the molecule is Cn1c(SCCCNCC2CCc3cc(Br)ccc3C2)nnc1-c1ccccc1. The number of benzene rings is 2. The van der Waals surface area contributed by atoms with Crippen LogP contribution in [-0.2, 0) is 19.9 Å². The van der Waals surface area contributed by atoms with Gasteiger partial charge in [0, 0.05) is 22.8 Å². The van der Waals surface area contributed by atoms with Crippen LogP contribution in [0.3, 0.4) is 0 Å². The molecule has 1 aliphatic rings. The Bertz CT molecular complexity index is 941. The van der Waals surface area contributed by atoms with Crippen molar-refractivity contribution in [2.24, 2.45) is 13.0 Å². The second-order valence-electron chi connectivity index (χ2n) is 7.66. The summed E-state index contributed by atoms with van der Waals surface area (Å²) in [6.45, 7) is 2.17. The van der Waals surface area contributed by atoms with E-state index in [1.54, 1.807) is 11.8 Å². The first kappa shape index (κ1) is 20.6. The highest BCUT2D eigenvalue weighted by Crippen LogP contribution is 2.28. The molecular weight excluding hydrogens is 444 g/mol. The smallest absolute Gasteiger partial charge is 0.191 e. The second kappa shape index (κ2) is 9.92. The molecule has 4 rings (SSSR count). The maximum atomic E-state index is 4.36. The molecule has 1 heterocycles. The van der Waals surface area contributed by atoms with Crippen molar-refractivity contribution in [1.29, 1.82) is 0 Å². The Labute approximate surface area is 185 Å². The van der Waals surface area contributed by atoms with Gasteiger partial charge in [0.25, 0.3) is 0 Å². The van der Waals surface area contributed by atoms with E-state index in [1.807, 2.05) is 25.2 Å². The Morgan fingerprint density at radius 1 is 1.14 bits per heavy atom. The molecule has 29 heavy (non-hydrogen) atoms. The van der Waals surface area contributed by atoms with Crippen LogP contribution in [-0.4, -0.2) is 33.6 Å². The Balaban J connectivity index is 1.17. The minimum Gasteiger partial charge on any atom is -0.316 e. The van der Waals surface area contributed by atoms with E-state index in [2.05, 4.69) is 66.3 Å². The van der Waals surface area contributed by atoms with Gasteiger partial charge in [0.2, 0.25) is 0 Å². The van der Waals surface area contributed by atoms with Crippen molar-refractivity contribution in [3.63, 3.8) is 0 Å². The van der Waals surface area contributed by atoms with Crippen molar-refractivity contribution in [2.45, 2.75) is 30.8 Å². The summed E-state index contributed by atoms with van der Waals surface area (Å²) in [4.78, 5) is 0. The molecule has 1 atom stereocenters. The minimum absolute atomic E-state index is 0.753. The predicted octanol–water partition coefficient (Wildman–Crippen LogP) is 5.12. The molecule has 3 aromatic rings. The molecule has 1 aliphatic carbocycles. The summed E-state index contributed by atoms with van der Waals surface area (Å²) in [5, 5.41) is 13.4. The largest absolute Gasteiger partial charge is 0.316 e. The number of halogens is 1. The third-order valence-corrected chi connectivity index (χ3v) is 7.13. The lowest BCUT2D eigenvalue weighted by molar-refractivity contribution is 0.425. The molecule has 2 aromatic carbocycles. The van der Waals surface area contributed by atoms with Crippen molar-refractivity contribution in [1.82, 2.24) is 20.1 Å². The minimum atomic E-state index is 0.753. The van der Waals surface area contributed by atoms with Crippen molar-refractivity contribution in [3.05, 3.63) is 64.1 Å². The highest BCUT2D eigenvalue weighted by Gasteiger charge is 2.18. The summed E-state index contributed by atoms with van der Waals surface area (Å²) in [7, 11) is 2.04. The Hall–Kier alpha value is -1.63. The zero-order valence-corrected chi connectivity index (χ0v) is 19.2.